The summed E-state index contributed by atoms with van der Waals surface area (Å²) >= 11 is 1.33. The van der Waals surface area contributed by atoms with E-state index in [1.165, 1.54) is 23.9 Å². The lowest BCUT2D eigenvalue weighted by Gasteiger charge is -2.12. The van der Waals surface area contributed by atoms with Crippen LogP contribution in [0.15, 0.2) is 29.2 Å². The molecule has 1 amide bonds. The highest BCUT2D eigenvalue weighted by Crippen LogP contribution is 2.44. The summed E-state index contributed by atoms with van der Waals surface area (Å²) in [6.07, 6.45) is 1.92. The third kappa shape index (κ3) is 3.94. The number of aliphatic hydroxyl groups is 1. The summed E-state index contributed by atoms with van der Waals surface area (Å²) in [7, 11) is 0. The van der Waals surface area contributed by atoms with Crippen LogP contribution in [-0.2, 0) is 4.79 Å². The van der Waals surface area contributed by atoms with Gasteiger partial charge in [-0.25, -0.2) is 0 Å². The molecular weight excluding hydrogens is 280 g/mol. The molecule has 2 rings (SSSR count). The van der Waals surface area contributed by atoms with Crippen LogP contribution in [0.25, 0.3) is 0 Å². The maximum Gasteiger partial charge on any atom is 0.269 e. The molecule has 20 heavy (non-hydrogen) atoms. The van der Waals surface area contributed by atoms with Crippen LogP contribution < -0.4 is 5.32 Å². The summed E-state index contributed by atoms with van der Waals surface area (Å²) in [6.45, 7) is 0.631. The first-order valence-electron chi connectivity index (χ1n) is 6.29. The van der Waals surface area contributed by atoms with Gasteiger partial charge < -0.3 is 10.4 Å². The zero-order valence-corrected chi connectivity index (χ0v) is 11.7. The second-order valence-corrected chi connectivity index (χ2v) is 6.02. The molecule has 0 aliphatic heterocycles. The van der Waals surface area contributed by atoms with E-state index in [1.54, 1.807) is 12.1 Å². The lowest BCUT2D eigenvalue weighted by Crippen LogP contribution is -2.32. The normalized spacial score (nSPS) is 15.7. The molecule has 1 aromatic rings. The fourth-order valence-corrected chi connectivity index (χ4v) is 2.45. The van der Waals surface area contributed by atoms with E-state index in [0.717, 1.165) is 17.7 Å². The maximum atomic E-state index is 11.7. The summed E-state index contributed by atoms with van der Waals surface area (Å²) < 4.78 is 0. The summed E-state index contributed by atoms with van der Waals surface area (Å²) in [5.41, 5.74) is -0.0503. The highest BCUT2D eigenvalue weighted by Gasteiger charge is 2.41. The van der Waals surface area contributed by atoms with Crippen molar-refractivity contribution in [2.24, 2.45) is 5.41 Å². The van der Waals surface area contributed by atoms with Gasteiger partial charge in [-0.1, -0.05) is 0 Å². The number of nitro groups is 1. The molecule has 0 atom stereocenters. The number of benzene rings is 1. The second-order valence-electron chi connectivity index (χ2n) is 4.97. The monoisotopic (exact) mass is 296 g/mol. The number of aliphatic hydroxyl groups excluding tert-OH is 1. The fourth-order valence-electron chi connectivity index (χ4n) is 1.72. The molecule has 7 heteroatoms. The number of nitrogens with zero attached hydrogens (tertiary/aromatic N) is 1. The highest BCUT2D eigenvalue weighted by atomic mass is 32.2. The minimum atomic E-state index is -0.453. The number of hydrogen-bond acceptors (Lipinski definition) is 5. The number of amides is 1. The number of hydrogen-bond donors (Lipinski definition) is 2. The molecule has 1 aliphatic rings. The molecule has 0 radical (unpaired) electrons. The summed E-state index contributed by atoms with van der Waals surface area (Å²) in [5, 5.41) is 22.5. The lowest BCUT2D eigenvalue weighted by molar-refractivity contribution is -0.384. The first-order chi connectivity index (χ1) is 9.54. The van der Waals surface area contributed by atoms with Gasteiger partial charge in [-0.3, -0.25) is 14.9 Å². The Bertz CT molecular complexity index is 500. The zero-order chi connectivity index (χ0) is 14.6. The molecule has 1 saturated carbocycles. The van der Waals surface area contributed by atoms with Crippen molar-refractivity contribution < 1.29 is 14.8 Å². The van der Waals surface area contributed by atoms with Crippen molar-refractivity contribution in [3.8, 4) is 0 Å². The van der Waals surface area contributed by atoms with Crippen molar-refractivity contribution in [3.05, 3.63) is 34.4 Å². The number of carbonyl (C=O) groups excluding carboxylic acids is 1. The average molecular weight is 296 g/mol. The van der Waals surface area contributed by atoms with Crippen LogP contribution in [0.5, 0.6) is 0 Å². The van der Waals surface area contributed by atoms with Gasteiger partial charge in [0, 0.05) is 29.0 Å². The Morgan fingerprint density at radius 2 is 2.05 bits per heavy atom. The van der Waals surface area contributed by atoms with Gasteiger partial charge in [0.15, 0.2) is 0 Å². The molecule has 1 fully saturated rings. The van der Waals surface area contributed by atoms with Crippen molar-refractivity contribution in [1.82, 2.24) is 5.32 Å². The van der Waals surface area contributed by atoms with E-state index in [-0.39, 0.29) is 29.4 Å². The van der Waals surface area contributed by atoms with Gasteiger partial charge in [0.25, 0.3) is 5.69 Å². The van der Waals surface area contributed by atoms with Crippen molar-refractivity contribution in [2.45, 2.75) is 17.7 Å². The number of carbonyl (C=O) groups is 1. The molecular formula is C13H16N2O4S. The molecule has 0 bridgehead atoms. The number of nitro benzene ring substituents is 1. The Hall–Kier alpha value is -1.60. The molecule has 2 N–H and O–H groups in total. The van der Waals surface area contributed by atoms with Crippen LogP contribution in [0.2, 0.25) is 0 Å². The van der Waals surface area contributed by atoms with Crippen LogP contribution >= 0.6 is 11.8 Å². The Balaban J connectivity index is 1.74. The van der Waals surface area contributed by atoms with Gasteiger partial charge in [-0.2, -0.15) is 0 Å². The van der Waals surface area contributed by atoms with E-state index >= 15 is 0 Å². The third-order valence-corrected chi connectivity index (χ3v) is 4.38. The largest absolute Gasteiger partial charge is 0.396 e. The summed E-state index contributed by atoms with van der Waals surface area (Å²) in [4.78, 5) is 22.5. The van der Waals surface area contributed by atoms with Gasteiger partial charge >= 0.3 is 0 Å². The Labute approximate surface area is 120 Å². The van der Waals surface area contributed by atoms with Gasteiger partial charge in [0.2, 0.25) is 5.91 Å². The molecule has 108 valence electrons. The van der Waals surface area contributed by atoms with Crippen molar-refractivity contribution in [3.63, 3.8) is 0 Å². The first kappa shape index (κ1) is 14.8. The van der Waals surface area contributed by atoms with Crippen molar-refractivity contribution >= 4 is 23.4 Å². The van der Waals surface area contributed by atoms with Crippen LogP contribution in [0.4, 0.5) is 5.69 Å². The number of nitrogens with one attached hydrogen (secondary N) is 1. The highest BCUT2D eigenvalue weighted by molar-refractivity contribution is 8.00. The Morgan fingerprint density at radius 1 is 1.40 bits per heavy atom. The van der Waals surface area contributed by atoms with E-state index in [0.29, 0.717) is 6.54 Å². The topological polar surface area (TPSA) is 92.5 Å². The van der Waals surface area contributed by atoms with E-state index < -0.39 is 4.92 Å². The minimum Gasteiger partial charge on any atom is -0.396 e. The van der Waals surface area contributed by atoms with Crippen LogP contribution in [0.3, 0.4) is 0 Å². The van der Waals surface area contributed by atoms with Crippen molar-refractivity contribution in [2.75, 3.05) is 18.9 Å². The van der Waals surface area contributed by atoms with E-state index in [1.807, 2.05) is 0 Å². The lowest BCUT2D eigenvalue weighted by atomic mass is 10.1. The number of rotatable bonds is 7. The zero-order valence-electron chi connectivity index (χ0n) is 10.9. The predicted octanol–water partition coefficient (Wildman–Crippen LogP) is 1.58. The van der Waals surface area contributed by atoms with Crippen LogP contribution in [0, 0.1) is 15.5 Å². The van der Waals surface area contributed by atoms with Gasteiger partial charge in [0.1, 0.15) is 0 Å². The molecule has 0 aromatic heterocycles. The average Bonchev–Trinajstić information content (AvgIpc) is 3.24. The van der Waals surface area contributed by atoms with Crippen molar-refractivity contribution in [1.29, 1.82) is 0 Å². The molecule has 0 heterocycles. The van der Waals surface area contributed by atoms with Crippen LogP contribution in [0.1, 0.15) is 12.8 Å². The van der Waals surface area contributed by atoms with E-state index in [2.05, 4.69) is 5.32 Å². The van der Waals surface area contributed by atoms with Gasteiger partial charge in [-0.05, 0) is 25.0 Å². The molecule has 1 aromatic carbocycles. The Kier molecular flexibility index (Phi) is 4.61. The standard InChI is InChI=1S/C13H16N2O4S/c16-9-13(5-6-13)8-14-12(17)7-20-11-3-1-10(2-4-11)15(18)19/h1-4,16H,5-9H2,(H,14,17). The molecule has 0 saturated heterocycles. The maximum absolute atomic E-state index is 11.7. The Morgan fingerprint density at radius 3 is 2.55 bits per heavy atom. The fraction of sp³-hybridized carbons (Fsp3) is 0.462. The minimum absolute atomic E-state index is 0.0393. The van der Waals surface area contributed by atoms with Gasteiger partial charge in [-0.15, -0.1) is 11.8 Å². The van der Waals surface area contributed by atoms with Gasteiger partial charge in [0.05, 0.1) is 17.3 Å². The second kappa shape index (κ2) is 6.23. The van der Waals surface area contributed by atoms with Crippen LogP contribution in [-0.4, -0.2) is 34.8 Å². The molecule has 0 spiro atoms. The smallest absolute Gasteiger partial charge is 0.269 e. The SMILES string of the molecule is O=C(CSc1ccc([N+](=O)[O-])cc1)NCC1(CO)CC1. The molecule has 1 aliphatic carbocycles. The first-order valence-corrected chi connectivity index (χ1v) is 7.28. The summed E-state index contributed by atoms with van der Waals surface area (Å²) in [5.74, 6) is 0.173. The quantitative estimate of drug-likeness (QED) is 0.453. The van der Waals surface area contributed by atoms with E-state index in [4.69, 9.17) is 5.11 Å². The number of non-ortho nitro benzene ring substituents is 1. The van der Waals surface area contributed by atoms with E-state index in [9.17, 15) is 14.9 Å². The molecule has 0 unspecified atom stereocenters. The molecule has 6 nitrogen and oxygen atoms in total. The number of thioether (sulfide) groups is 1. The summed E-state index contributed by atoms with van der Waals surface area (Å²) in [6, 6.07) is 6.11. The predicted molar refractivity (Wildman–Crippen MR) is 75.6 cm³/mol. The third-order valence-electron chi connectivity index (χ3n) is 3.37.